The topological polar surface area (TPSA) is 64.3 Å². The van der Waals surface area contributed by atoms with E-state index in [1.165, 1.54) is 5.56 Å². The highest BCUT2D eigenvalue weighted by Crippen LogP contribution is 2.32. The number of nitrogens with two attached hydrogens (primary N) is 1. The van der Waals surface area contributed by atoms with E-state index in [-0.39, 0.29) is 5.91 Å². The SMILES string of the molecule is Cc1ccc(CC2Oc3ccc(N)cc3NC2=O)cc1. The van der Waals surface area contributed by atoms with Crippen LogP contribution in [0.1, 0.15) is 11.1 Å². The molecule has 0 radical (unpaired) electrons. The van der Waals surface area contributed by atoms with Crippen molar-refractivity contribution in [2.75, 3.05) is 11.1 Å². The van der Waals surface area contributed by atoms with Crippen LogP contribution >= 0.6 is 0 Å². The third-order valence-corrected chi connectivity index (χ3v) is 3.36. The van der Waals surface area contributed by atoms with Crippen LogP contribution in [0.3, 0.4) is 0 Å². The first-order valence-electron chi connectivity index (χ1n) is 6.54. The lowest BCUT2D eigenvalue weighted by Crippen LogP contribution is -2.38. The van der Waals surface area contributed by atoms with Crippen LogP contribution in [0.4, 0.5) is 11.4 Å². The molecule has 0 aromatic heterocycles. The summed E-state index contributed by atoms with van der Waals surface area (Å²) in [5.74, 6) is 0.527. The van der Waals surface area contributed by atoms with Crippen LogP contribution in [-0.2, 0) is 11.2 Å². The predicted octanol–water partition coefficient (Wildman–Crippen LogP) is 2.52. The molecule has 3 N–H and O–H groups in total. The number of aryl methyl sites for hydroxylation is 1. The first kappa shape index (κ1) is 12.5. The number of hydrogen-bond acceptors (Lipinski definition) is 3. The lowest BCUT2D eigenvalue weighted by atomic mass is 10.0. The monoisotopic (exact) mass is 268 g/mol. The smallest absolute Gasteiger partial charge is 0.265 e. The fourth-order valence-corrected chi connectivity index (χ4v) is 2.24. The lowest BCUT2D eigenvalue weighted by Gasteiger charge is -2.26. The third kappa shape index (κ3) is 2.45. The molecule has 1 aliphatic heterocycles. The Kier molecular flexibility index (Phi) is 3.06. The largest absolute Gasteiger partial charge is 0.478 e. The van der Waals surface area contributed by atoms with Crippen LogP contribution in [-0.4, -0.2) is 12.0 Å². The molecule has 0 saturated carbocycles. The molecule has 4 heteroatoms. The summed E-state index contributed by atoms with van der Waals surface area (Å²) in [4.78, 5) is 12.1. The number of anilines is 2. The van der Waals surface area contributed by atoms with Gasteiger partial charge < -0.3 is 15.8 Å². The highest BCUT2D eigenvalue weighted by Gasteiger charge is 2.27. The average Bonchev–Trinajstić information content (AvgIpc) is 2.42. The second-order valence-electron chi connectivity index (χ2n) is 5.04. The first-order valence-corrected chi connectivity index (χ1v) is 6.54. The number of ether oxygens (including phenoxy) is 1. The van der Waals surface area contributed by atoms with Gasteiger partial charge in [0.15, 0.2) is 6.10 Å². The number of rotatable bonds is 2. The van der Waals surface area contributed by atoms with Gasteiger partial charge in [-0.05, 0) is 30.7 Å². The van der Waals surface area contributed by atoms with E-state index in [4.69, 9.17) is 10.5 Å². The van der Waals surface area contributed by atoms with E-state index < -0.39 is 6.10 Å². The lowest BCUT2D eigenvalue weighted by molar-refractivity contribution is -0.123. The molecule has 0 bridgehead atoms. The van der Waals surface area contributed by atoms with Crippen molar-refractivity contribution in [1.29, 1.82) is 0 Å². The van der Waals surface area contributed by atoms with Crippen molar-refractivity contribution in [3.05, 3.63) is 53.6 Å². The second kappa shape index (κ2) is 4.89. The number of amides is 1. The molecular weight excluding hydrogens is 252 g/mol. The standard InChI is InChI=1S/C16H16N2O2/c1-10-2-4-11(5-3-10)8-15-16(19)18-13-9-12(17)6-7-14(13)20-15/h2-7,9,15H,8,17H2,1H3,(H,18,19). The summed E-state index contributed by atoms with van der Waals surface area (Å²) in [6, 6.07) is 13.4. The molecule has 1 amide bonds. The normalized spacial score (nSPS) is 17.1. The Morgan fingerprint density at radius 3 is 2.70 bits per heavy atom. The summed E-state index contributed by atoms with van der Waals surface area (Å²) >= 11 is 0. The molecule has 1 atom stereocenters. The number of fused-ring (bicyclic) bond motifs is 1. The first-order chi connectivity index (χ1) is 9.61. The number of carbonyl (C=O) groups is 1. The van der Waals surface area contributed by atoms with Crippen molar-refractivity contribution in [1.82, 2.24) is 0 Å². The number of carbonyl (C=O) groups excluding carboxylic acids is 1. The van der Waals surface area contributed by atoms with E-state index in [0.29, 0.717) is 23.5 Å². The van der Waals surface area contributed by atoms with Crippen LogP contribution in [0.5, 0.6) is 5.75 Å². The summed E-state index contributed by atoms with van der Waals surface area (Å²) in [5.41, 5.74) is 9.20. The van der Waals surface area contributed by atoms with Crippen LogP contribution in [0.2, 0.25) is 0 Å². The molecule has 2 aromatic carbocycles. The van der Waals surface area contributed by atoms with E-state index in [0.717, 1.165) is 5.56 Å². The zero-order valence-corrected chi connectivity index (χ0v) is 11.2. The molecule has 0 aliphatic carbocycles. The molecule has 0 saturated heterocycles. The van der Waals surface area contributed by atoms with Gasteiger partial charge in [-0.1, -0.05) is 29.8 Å². The molecular formula is C16H16N2O2. The van der Waals surface area contributed by atoms with Gasteiger partial charge in [-0.3, -0.25) is 4.79 Å². The molecule has 1 aliphatic rings. The fourth-order valence-electron chi connectivity index (χ4n) is 2.24. The minimum Gasteiger partial charge on any atom is -0.478 e. The Balaban J connectivity index is 1.80. The molecule has 1 heterocycles. The average molecular weight is 268 g/mol. The minimum atomic E-state index is -0.506. The van der Waals surface area contributed by atoms with Crippen molar-refractivity contribution in [3.63, 3.8) is 0 Å². The number of nitrogen functional groups attached to an aromatic ring is 1. The van der Waals surface area contributed by atoms with Gasteiger partial charge in [0.05, 0.1) is 5.69 Å². The summed E-state index contributed by atoms with van der Waals surface area (Å²) in [6.45, 7) is 2.04. The summed E-state index contributed by atoms with van der Waals surface area (Å²) in [5, 5.41) is 2.84. The molecule has 0 spiro atoms. The Bertz CT molecular complexity index is 650. The molecule has 1 unspecified atom stereocenters. The molecule has 2 aromatic rings. The van der Waals surface area contributed by atoms with Gasteiger partial charge in [0.25, 0.3) is 5.91 Å². The van der Waals surface area contributed by atoms with Gasteiger partial charge >= 0.3 is 0 Å². The van der Waals surface area contributed by atoms with Gasteiger partial charge in [0.2, 0.25) is 0 Å². The van der Waals surface area contributed by atoms with Crippen molar-refractivity contribution in [2.24, 2.45) is 0 Å². The highest BCUT2D eigenvalue weighted by atomic mass is 16.5. The Morgan fingerprint density at radius 1 is 1.20 bits per heavy atom. The van der Waals surface area contributed by atoms with E-state index in [2.05, 4.69) is 5.32 Å². The van der Waals surface area contributed by atoms with Crippen LogP contribution in [0.15, 0.2) is 42.5 Å². The van der Waals surface area contributed by atoms with Gasteiger partial charge in [0.1, 0.15) is 5.75 Å². The van der Waals surface area contributed by atoms with Crippen molar-refractivity contribution in [2.45, 2.75) is 19.4 Å². The molecule has 102 valence electrons. The van der Waals surface area contributed by atoms with E-state index >= 15 is 0 Å². The van der Waals surface area contributed by atoms with Crippen LogP contribution < -0.4 is 15.8 Å². The zero-order valence-electron chi connectivity index (χ0n) is 11.2. The molecule has 20 heavy (non-hydrogen) atoms. The van der Waals surface area contributed by atoms with E-state index in [1.807, 2.05) is 31.2 Å². The maximum Gasteiger partial charge on any atom is 0.265 e. The number of benzene rings is 2. The van der Waals surface area contributed by atoms with Gasteiger partial charge in [-0.15, -0.1) is 0 Å². The van der Waals surface area contributed by atoms with Gasteiger partial charge in [0, 0.05) is 12.1 Å². The second-order valence-corrected chi connectivity index (χ2v) is 5.04. The van der Waals surface area contributed by atoms with Crippen molar-refractivity contribution >= 4 is 17.3 Å². The maximum absolute atomic E-state index is 12.1. The summed E-state index contributed by atoms with van der Waals surface area (Å²) < 4.78 is 5.77. The molecule has 0 fully saturated rings. The number of nitrogens with one attached hydrogen (secondary N) is 1. The number of hydrogen-bond donors (Lipinski definition) is 2. The zero-order chi connectivity index (χ0) is 14.1. The minimum absolute atomic E-state index is 0.135. The van der Waals surface area contributed by atoms with Crippen molar-refractivity contribution < 1.29 is 9.53 Å². The summed E-state index contributed by atoms with van der Waals surface area (Å²) in [6.07, 6.45) is 0.0458. The Hall–Kier alpha value is -2.49. The Morgan fingerprint density at radius 2 is 1.95 bits per heavy atom. The molecule has 4 nitrogen and oxygen atoms in total. The van der Waals surface area contributed by atoms with E-state index in [1.54, 1.807) is 18.2 Å². The van der Waals surface area contributed by atoms with E-state index in [9.17, 15) is 4.79 Å². The van der Waals surface area contributed by atoms with Gasteiger partial charge in [-0.25, -0.2) is 0 Å². The predicted molar refractivity (Wildman–Crippen MR) is 78.8 cm³/mol. The van der Waals surface area contributed by atoms with Crippen LogP contribution in [0, 0.1) is 6.92 Å². The summed E-state index contributed by atoms with van der Waals surface area (Å²) in [7, 11) is 0. The van der Waals surface area contributed by atoms with Crippen molar-refractivity contribution in [3.8, 4) is 5.75 Å². The van der Waals surface area contributed by atoms with Crippen LogP contribution in [0.25, 0.3) is 0 Å². The third-order valence-electron chi connectivity index (χ3n) is 3.36. The Labute approximate surface area is 117 Å². The highest BCUT2D eigenvalue weighted by molar-refractivity contribution is 5.98. The molecule has 3 rings (SSSR count). The van der Waals surface area contributed by atoms with Gasteiger partial charge in [-0.2, -0.15) is 0 Å². The fraction of sp³-hybridized carbons (Fsp3) is 0.188. The quantitative estimate of drug-likeness (QED) is 0.823. The maximum atomic E-state index is 12.1.